The molecule has 1 aliphatic heterocycles. The first kappa shape index (κ1) is 11.4. The number of carbonyl (C=O) groups is 1. The van der Waals surface area contributed by atoms with Crippen LogP contribution in [0.3, 0.4) is 0 Å². The molecule has 1 N–H and O–H groups in total. The molecule has 1 fully saturated rings. The Kier molecular flexibility index (Phi) is 2.72. The number of anilines is 1. The number of pyridine rings is 1. The Bertz CT molecular complexity index is 472. The van der Waals surface area contributed by atoms with E-state index in [-0.39, 0.29) is 5.91 Å². The first-order valence-electron chi connectivity index (χ1n) is 5.48. The highest BCUT2D eigenvalue weighted by Gasteiger charge is 2.37. The Morgan fingerprint density at radius 3 is 2.88 bits per heavy atom. The topological polar surface area (TPSA) is 69.0 Å². The lowest BCUT2D eigenvalue weighted by Crippen LogP contribution is -2.62. The smallest absolute Gasteiger partial charge is 0.245 e. The summed E-state index contributed by atoms with van der Waals surface area (Å²) in [5.74, 6) is 0.00751. The van der Waals surface area contributed by atoms with Crippen LogP contribution < -0.4 is 10.2 Å². The molecule has 5 heteroatoms. The molecule has 1 amide bonds. The zero-order valence-corrected chi connectivity index (χ0v) is 9.90. The van der Waals surface area contributed by atoms with Crippen molar-refractivity contribution in [3.63, 3.8) is 0 Å². The lowest BCUT2D eigenvalue weighted by molar-refractivity contribution is -0.126. The lowest BCUT2D eigenvalue weighted by Gasteiger charge is -2.42. The summed E-state index contributed by atoms with van der Waals surface area (Å²) in [5.41, 5.74) is 0.658. The van der Waals surface area contributed by atoms with Gasteiger partial charge in [0, 0.05) is 13.1 Å². The molecule has 1 aliphatic rings. The quantitative estimate of drug-likeness (QED) is 0.769. The van der Waals surface area contributed by atoms with E-state index in [9.17, 15) is 4.79 Å². The molecule has 0 unspecified atom stereocenters. The number of aromatic nitrogens is 1. The van der Waals surface area contributed by atoms with Crippen molar-refractivity contribution in [1.29, 1.82) is 5.26 Å². The molecule has 0 saturated carbocycles. The number of hydrogen-bond acceptors (Lipinski definition) is 4. The highest BCUT2D eigenvalue weighted by molar-refractivity contribution is 5.90. The van der Waals surface area contributed by atoms with Crippen molar-refractivity contribution in [1.82, 2.24) is 10.3 Å². The molecule has 88 valence electrons. The summed E-state index contributed by atoms with van der Waals surface area (Å²) in [6.45, 7) is 5.12. The fourth-order valence-corrected chi connectivity index (χ4v) is 1.96. The van der Waals surface area contributed by atoms with Gasteiger partial charge in [-0.15, -0.1) is 0 Å². The maximum absolute atomic E-state index is 11.8. The minimum absolute atomic E-state index is 0.00751. The van der Waals surface area contributed by atoms with Crippen LogP contribution in [0.5, 0.6) is 0 Å². The van der Waals surface area contributed by atoms with Gasteiger partial charge in [-0.3, -0.25) is 4.79 Å². The van der Waals surface area contributed by atoms with Crippen LogP contribution >= 0.6 is 0 Å². The second kappa shape index (κ2) is 4.06. The van der Waals surface area contributed by atoms with Crippen LogP contribution in [0.1, 0.15) is 19.5 Å². The normalized spacial score (nSPS) is 18.4. The van der Waals surface area contributed by atoms with Crippen molar-refractivity contribution < 1.29 is 4.79 Å². The van der Waals surface area contributed by atoms with Crippen LogP contribution in [0.2, 0.25) is 0 Å². The van der Waals surface area contributed by atoms with Crippen molar-refractivity contribution in [2.24, 2.45) is 0 Å². The van der Waals surface area contributed by atoms with Gasteiger partial charge in [0.1, 0.15) is 17.3 Å². The maximum Gasteiger partial charge on any atom is 0.245 e. The molecule has 0 bridgehead atoms. The third kappa shape index (κ3) is 1.94. The Morgan fingerprint density at radius 2 is 2.29 bits per heavy atom. The van der Waals surface area contributed by atoms with E-state index < -0.39 is 5.54 Å². The van der Waals surface area contributed by atoms with Gasteiger partial charge in [0.05, 0.1) is 11.9 Å². The van der Waals surface area contributed by atoms with E-state index in [1.165, 1.54) is 0 Å². The second-order valence-electron chi connectivity index (χ2n) is 4.48. The van der Waals surface area contributed by atoms with Crippen molar-refractivity contribution in [3.05, 3.63) is 24.0 Å². The van der Waals surface area contributed by atoms with Crippen molar-refractivity contribution >= 4 is 11.6 Å². The maximum atomic E-state index is 11.8. The van der Waals surface area contributed by atoms with Gasteiger partial charge >= 0.3 is 0 Å². The molecule has 0 aliphatic carbocycles. The van der Waals surface area contributed by atoms with Gasteiger partial charge < -0.3 is 10.2 Å². The van der Waals surface area contributed by atoms with E-state index in [4.69, 9.17) is 5.26 Å². The predicted octanol–water partition coefficient (Wildman–Crippen LogP) is 0.668. The second-order valence-corrected chi connectivity index (χ2v) is 4.48. The fraction of sp³-hybridized carbons (Fsp3) is 0.417. The lowest BCUT2D eigenvalue weighted by atomic mass is 9.98. The third-order valence-corrected chi connectivity index (χ3v) is 3.03. The molecule has 2 heterocycles. The standard InChI is InChI=1S/C12H14N4O/c1-12(2)11(17)14-5-6-16(12)10-4-3-9(7-13)15-8-10/h3-4,8H,5-6H2,1-2H3,(H,14,17). The SMILES string of the molecule is CC1(C)C(=O)NCCN1c1ccc(C#N)nc1. The monoisotopic (exact) mass is 230 g/mol. The van der Waals surface area contributed by atoms with E-state index in [0.29, 0.717) is 12.2 Å². The number of nitrogens with zero attached hydrogens (tertiary/aromatic N) is 3. The number of nitrogens with one attached hydrogen (secondary N) is 1. The molecule has 2 rings (SSSR count). The molecule has 1 aromatic heterocycles. The molecule has 1 saturated heterocycles. The van der Waals surface area contributed by atoms with Gasteiger partial charge in [-0.2, -0.15) is 5.26 Å². The molecular formula is C12H14N4O. The molecule has 0 aromatic carbocycles. The molecule has 0 atom stereocenters. The number of nitriles is 1. The van der Waals surface area contributed by atoms with Crippen LogP contribution in [0, 0.1) is 11.3 Å². The van der Waals surface area contributed by atoms with Crippen LogP contribution in [0.15, 0.2) is 18.3 Å². The van der Waals surface area contributed by atoms with E-state index >= 15 is 0 Å². The van der Waals surface area contributed by atoms with Crippen LogP contribution in [0.4, 0.5) is 5.69 Å². The molecule has 17 heavy (non-hydrogen) atoms. The Balaban J connectivity index is 2.32. The summed E-state index contributed by atoms with van der Waals surface area (Å²) in [4.78, 5) is 17.8. The molecule has 1 aromatic rings. The minimum atomic E-state index is -0.589. The van der Waals surface area contributed by atoms with Gasteiger partial charge in [-0.25, -0.2) is 4.98 Å². The first-order chi connectivity index (χ1) is 8.05. The molecule has 0 radical (unpaired) electrons. The fourth-order valence-electron chi connectivity index (χ4n) is 1.96. The van der Waals surface area contributed by atoms with Gasteiger partial charge in [0.2, 0.25) is 5.91 Å². The molecule has 5 nitrogen and oxygen atoms in total. The average Bonchev–Trinajstić information content (AvgIpc) is 2.33. The summed E-state index contributed by atoms with van der Waals surface area (Å²) < 4.78 is 0. The summed E-state index contributed by atoms with van der Waals surface area (Å²) in [6, 6.07) is 5.47. The largest absolute Gasteiger partial charge is 0.354 e. The zero-order chi connectivity index (χ0) is 12.5. The number of rotatable bonds is 1. The summed E-state index contributed by atoms with van der Waals surface area (Å²) in [7, 11) is 0. The number of piperazine rings is 1. The van der Waals surface area contributed by atoms with Crippen molar-refractivity contribution in [2.45, 2.75) is 19.4 Å². The van der Waals surface area contributed by atoms with Crippen LogP contribution in [-0.4, -0.2) is 29.5 Å². The van der Waals surface area contributed by atoms with E-state index in [0.717, 1.165) is 12.2 Å². The van der Waals surface area contributed by atoms with E-state index in [1.807, 2.05) is 30.9 Å². The summed E-state index contributed by atoms with van der Waals surface area (Å²) in [5, 5.41) is 11.5. The Labute approximate surface area is 100 Å². The predicted molar refractivity (Wildman–Crippen MR) is 63.4 cm³/mol. The van der Waals surface area contributed by atoms with Crippen molar-refractivity contribution in [2.75, 3.05) is 18.0 Å². The number of amides is 1. The average molecular weight is 230 g/mol. The van der Waals surface area contributed by atoms with Gasteiger partial charge in [-0.05, 0) is 26.0 Å². The summed E-state index contributed by atoms with van der Waals surface area (Å²) >= 11 is 0. The van der Waals surface area contributed by atoms with Crippen LogP contribution in [-0.2, 0) is 4.79 Å². The number of hydrogen-bond donors (Lipinski definition) is 1. The van der Waals surface area contributed by atoms with Crippen LogP contribution in [0.25, 0.3) is 0 Å². The van der Waals surface area contributed by atoms with Gasteiger partial charge in [0.15, 0.2) is 0 Å². The Morgan fingerprint density at radius 1 is 1.53 bits per heavy atom. The number of carbonyl (C=O) groups excluding carboxylic acids is 1. The van der Waals surface area contributed by atoms with E-state index in [1.54, 1.807) is 12.3 Å². The highest BCUT2D eigenvalue weighted by Crippen LogP contribution is 2.25. The zero-order valence-electron chi connectivity index (χ0n) is 9.90. The van der Waals surface area contributed by atoms with Crippen molar-refractivity contribution in [3.8, 4) is 6.07 Å². The summed E-state index contributed by atoms with van der Waals surface area (Å²) in [6.07, 6.45) is 1.64. The van der Waals surface area contributed by atoms with E-state index in [2.05, 4.69) is 10.3 Å². The highest BCUT2D eigenvalue weighted by atomic mass is 16.2. The molecular weight excluding hydrogens is 216 g/mol. The minimum Gasteiger partial charge on any atom is -0.354 e. The Hall–Kier alpha value is -2.09. The van der Waals surface area contributed by atoms with Gasteiger partial charge in [0.25, 0.3) is 0 Å². The molecule has 0 spiro atoms. The first-order valence-corrected chi connectivity index (χ1v) is 5.48. The van der Waals surface area contributed by atoms with Gasteiger partial charge in [-0.1, -0.05) is 0 Å². The third-order valence-electron chi connectivity index (χ3n) is 3.03.